The molecule has 1 aliphatic rings. The fourth-order valence-electron chi connectivity index (χ4n) is 4.77. The van der Waals surface area contributed by atoms with E-state index in [1.54, 1.807) is 44.4 Å². The summed E-state index contributed by atoms with van der Waals surface area (Å²) in [5.74, 6) is -1.05. The van der Waals surface area contributed by atoms with E-state index in [-0.39, 0.29) is 28.1 Å². The molecule has 0 bridgehead atoms. The van der Waals surface area contributed by atoms with Crippen LogP contribution in [0.1, 0.15) is 46.9 Å². The van der Waals surface area contributed by atoms with Crippen LogP contribution in [-0.4, -0.2) is 20.3 Å². The Morgan fingerprint density at radius 2 is 1.91 bits per heavy atom. The zero-order chi connectivity index (χ0) is 24.0. The highest BCUT2D eigenvalue weighted by Gasteiger charge is 2.32. The predicted molar refractivity (Wildman–Crippen MR) is 125 cm³/mol. The summed E-state index contributed by atoms with van der Waals surface area (Å²) in [5, 5.41) is 7.42. The van der Waals surface area contributed by atoms with Crippen molar-refractivity contribution in [2.24, 2.45) is 13.0 Å². The van der Waals surface area contributed by atoms with E-state index in [1.165, 1.54) is 33.5 Å². The Morgan fingerprint density at radius 3 is 2.56 bits per heavy atom. The van der Waals surface area contributed by atoms with Gasteiger partial charge in [-0.1, -0.05) is 30.7 Å². The van der Waals surface area contributed by atoms with E-state index in [4.69, 9.17) is 0 Å². The van der Waals surface area contributed by atoms with Gasteiger partial charge in [0.1, 0.15) is 11.6 Å². The lowest BCUT2D eigenvalue weighted by molar-refractivity contribution is 0.0901. The molecule has 2 aromatic carbocycles. The van der Waals surface area contributed by atoms with Gasteiger partial charge in [0, 0.05) is 30.4 Å². The molecule has 1 fully saturated rings. The van der Waals surface area contributed by atoms with Crippen LogP contribution in [0, 0.1) is 24.5 Å². The number of aromatic nitrogens is 3. The molecule has 1 amide bonds. The quantitative estimate of drug-likeness (QED) is 0.472. The molecule has 2 heterocycles. The van der Waals surface area contributed by atoms with E-state index >= 15 is 0 Å². The van der Waals surface area contributed by atoms with Crippen molar-refractivity contribution < 1.29 is 13.6 Å². The number of amides is 1. The van der Waals surface area contributed by atoms with E-state index in [9.17, 15) is 18.4 Å². The zero-order valence-corrected chi connectivity index (χ0v) is 18.9. The number of pyridine rings is 1. The van der Waals surface area contributed by atoms with Gasteiger partial charge in [0.15, 0.2) is 5.82 Å². The number of aryl methyl sites for hydroxylation is 1. The number of hydrogen-bond donors (Lipinski definition) is 1. The molecule has 1 aliphatic carbocycles. The molecule has 0 aliphatic heterocycles. The average molecular weight is 463 g/mol. The number of rotatable bonds is 5. The molecule has 1 atom stereocenters. The van der Waals surface area contributed by atoms with Crippen LogP contribution in [0.25, 0.3) is 16.6 Å². The molecule has 174 valence electrons. The summed E-state index contributed by atoms with van der Waals surface area (Å²) in [7, 11) is 1.71. The summed E-state index contributed by atoms with van der Waals surface area (Å²) in [6.45, 7) is 1.65. The maximum absolute atomic E-state index is 14.9. The Kier molecular flexibility index (Phi) is 5.51. The monoisotopic (exact) mass is 462 g/mol. The Bertz CT molecular complexity index is 1470. The van der Waals surface area contributed by atoms with Gasteiger partial charge in [-0.25, -0.2) is 8.78 Å². The number of halogens is 2. The molecule has 6 nitrogen and oxygen atoms in total. The fourth-order valence-corrected chi connectivity index (χ4v) is 4.77. The van der Waals surface area contributed by atoms with Crippen LogP contribution >= 0.6 is 0 Å². The third-order valence-electron chi connectivity index (χ3n) is 6.67. The van der Waals surface area contributed by atoms with Gasteiger partial charge in [-0.05, 0) is 49.4 Å². The van der Waals surface area contributed by atoms with Crippen LogP contribution in [0.3, 0.4) is 0 Å². The minimum atomic E-state index is -0.707. The maximum atomic E-state index is 14.9. The van der Waals surface area contributed by atoms with Crippen molar-refractivity contribution in [3.63, 3.8) is 0 Å². The van der Waals surface area contributed by atoms with E-state index in [0.29, 0.717) is 17.1 Å². The van der Waals surface area contributed by atoms with E-state index in [1.807, 2.05) is 0 Å². The highest BCUT2D eigenvalue weighted by atomic mass is 19.1. The molecular formula is C26H24F2N4O2. The van der Waals surface area contributed by atoms with Gasteiger partial charge in [-0.3, -0.25) is 18.8 Å². The van der Waals surface area contributed by atoms with Gasteiger partial charge in [0.05, 0.1) is 17.0 Å². The van der Waals surface area contributed by atoms with Gasteiger partial charge in [-0.15, -0.1) is 0 Å². The van der Waals surface area contributed by atoms with Crippen LogP contribution in [0.15, 0.2) is 59.5 Å². The third-order valence-corrected chi connectivity index (χ3v) is 6.67. The lowest BCUT2D eigenvalue weighted by Crippen LogP contribution is -2.37. The van der Waals surface area contributed by atoms with Crippen molar-refractivity contribution in [2.45, 2.75) is 32.2 Å². The zero-order valence-electron chi connectivity index (χ0n) is 18.9. The Hall–Kier alpha value is -3.81. The summed E-state index contributed by atoms with van der Waals surface area (Å²) < 4.78 is 31.6. The van der Waals surface area contributed by atoms with Crippen LogP contribution in [0.2, 0.25) is 0 Å². The summed E-state index contributed by atoms with van der Waals surface area (Å²) >= 11 is 0. The first-order valence-electron chi connectivity index (χ1n) is 11.3. The Morgan fingerprint density at radius 1 is 1.15 bits per heavy atom. The number of nitrogens with zero attached hydrogens (tertiary/aromatic N) is 3. The molecule has 1 N–H and O–H groups in total. The average Bonchev–Trinajstić information content (AvgIpc) is 3.17. The van der Waals surface area contributed by atoms with Gasteiger partial charge in [-0.2, -0.15) is 5.10 Å². The summed E-state index contributed by atoms with van der Waals surface area (Å²) in [4.78, 5) is 27.0. The van der Waals surface area contributed by atoms with Crippen molar-refractivity contribution in [3.8, 4) is 5.82 Å². The van der Waals surface area contributed by atoms with Crippen LogP contribution in [0.4, 0.5) is 8.78 Å². The standard InChI is InChI=1S/C26H24F2N4O2/c1-15-22(25(33)29-24(16-6-3-7-16)17-8-4-9-18(27)14-17)19-10-5-11-20(28)23(19)26(34)32(15)21-12-13-31(2)30-21/h4-5,8-14,16,24H,3,6-7H2,1-2H3,(H,29,33)/t24-/m0/s1. The first-order valence-corrected chi connectivity index (χ1v) is 11.3. The first-order chi connectivity index (χ1) is 16.3. The Balaban J connectivity index is 1.67. The second-order valence-corrected chi connectivity index (χ2v) is 8.81. The number of hydrogen-bond acceptors (Lipinski definition) is 3. The topological polar surface area (TPSA) is 68.9 Å². The van der Waals surface area contributed by atoms with Gasteiger partial charge < -0.3 is 5.32 Å². The van der Waals surface area contributed by atoms with Crippen molar-refractivity contribution >= 4 is 16.7 Å². The van der Waals surface area contributed by atoms with Gasteiger partial charge in [0.2, 0.25) is 0 Å². The highest BCUT2D eigenvalue weighted by Crippen LogP contribution is 2.38. The van der Waals surface area contributed by atoms with Gasteiger partial charge in [0.25, 0.3) is 11.5 Å². The summed E-state index contributed by atoms with van der Waals surface area (Å²) in [6.07, 6.45) is 4.56. The third kappa shape index (κ3) is 3.69. The van der Waals surface area contributed by atoms with Crippen LogP contribution in [0.5, 0.6) is 0 Å². The maximum Gasteiger partial charge on any atom is 0.267 e. The first kappa shape index (κ1) is 22.0. The van der Waals surface area contributed by atoms with E-state index in [2.05, 4.69) is 10.4 Å². The predicted octanol–water partition coefficient (Wildman–Crippen LogP) is 4.58. The minimum absolute atomic E-state index is 0.171. The molecule has 0 spiro atoms. The minimum Gasteiger partial charge on any atom is -0.345 e. The molecule has 8 heteroatoms. The molecule has 0 radical (unpaired) electrons. The van der Waals surface area contributed by atoms with E-state index in [0.717, 1.165) is 19.3 Å². The Labute approximate surface area is 194 Å². The number of carbonyl (C=O) groups is 1. The van der Waals surface area contributed by atoms with Crippen LogP contribution in [-0.2, 0) is 7.05 Å². The molecule has 0 saturated heterocycles. The van der Waals surface area contributed by atoms with E-state index < -0.39 is 23.3 Å². The number of benzene rings is 2. The number of fused-ring (bicyclic) bond motifs is 1. The van der Waals surface area contributed by atoms with Crippen molar-refractivity contribution in [2.75, 3.05) is 0 Å². The van der Waals surface area contributed by atoms with Crippen molar-refractivity contribution in [1.29, 1.82) is 0 Å². The molecule has 34 heavy (non-hydrogen) atoms. The summed E-state index contributed by atoms with van der Waals surface area (Å²) in [5.41, 5.74) is 0.650. The summed E-state index contributed by atoms with van der Waals surface area (Å²) in [6, 6.07) is 11.7. The smallest absolute Gasteiger partial charge is 0.267 e. The second kappa shape index (κ2) is 8.52. The van der Waals surface area contributed by atoms with Crippen molar-refractivity contribution in [3.05, 3.63) is 93.5 Å². The number of nitrogens with one attached hydrogen (secondary N) is 1. The lowest BCUT2D eigenvalue weighted by atomic mass is 9.77. The molecule has 4 aromatic rings. The second-order valence-electron chi connectivity index (χ2n) is 8.81. The van der Waals surface area contributed by atoms with Crippen LogP contribution < -0.4 is 10.9 Å². The lowest BCUT2D eigenvalue weighted by Gasteiger charge is -2.35. The highest BCUT2D eigenvalue weighted by molar-refractivity contribution is 6.08. The van der Waals surface area contributed by atoms with Crippen molar-refractivity contribution in [1.82, 2.24) is 19.7 Å². The molecule has 1 saturated carbocycles. The normalized spacial score (nSPS) is 14.7. The molecule has 2 aromatic heterocycles. The molecule has 5 rings (SSSR count). The molecular weight excluding hydrogens is 438 g/mol. The fraction of sp³-hybridized carbons (Fsp3) is 0.269. The van der Waals surface area contributed by atoms with Gasteiger partial charge >= 0.3 is 0 Å². The SMILES string of the molecule is Cc1c(C(=O)N[C@H](c2cccc(F)c2)C2CCC2)c2cccc(F)c2c(=O)n1-c1ccn(C)n1. The largest absolute Gasteiger partial charge is 0.345 e. The molecule has 0 unspecified atom stereocenters. The number of carbonyl (C=O) groups excluding carboxylic acids is 1.